The molecule has 0 bridgehead atoms. The number of aliphatic hydroxyl groups excluding tert-OH is 1. The van der Waals surface area contributed by atoms with Crippen LogP contribution in [0, 0.1) is 18.6 Å². The highest BCUT2D eigenvalue weighted by Gasteiger charge is 2.24. The summed E-state index contributed by atoms with van der Waals surface area (Å²) < 4.78 is 27.4. The molecule has 1 aromatic rings. The van der Waals surface area contributed by atoms with Crippen LogP contribution in [0.15, 0.2) is 6.07 Å². The molecule has 0 saturated carbocycles. The lowest BCUT2D eigenvalue weighted by Gasteiger charge is -2.15. The summed E-state index contributed by atoms with van der Waals surface area (Å²) in [6.45, 7) is 1.52. The summed E-state index contributed by atoms with van der Waals surface area (Å²) in [4.78, 5) is 0. The van der Waals surface area contributed by atoms with Crippen LogP contribution in [0.4, 0.5) is 8.78 Å². The molecule has 0 spiro atoms. The minimum Gasteiger partial charge on any atom is -0.388 e. The van der Waals surface area contributed by atoms with Gasteiger partial charge in [0.25, 0.3) is 0 Å². The smallest absolute Gasteiger partial charge is 0.132 e. The Labute approximate surface area is 87.7 Å². The minimum atomic E-state index is -0.850. The van der Waals surface area contributed by atoms with E-state index in [2.05, 4.69) is 0 Å². The van der Waals surface area contributed by atoms with Crippen molar-refractivity contribution in [3.05, 3.63) is 34.4 Å². The molecule has 0 fully saturated rings. The Morgan fingerprint density at radius 2 is 2.07 bits per heavy atom. The van der Waals surface area contributed by atoms with E-state index in [1.165, 1.54) is 13.0 Å². The fourth-order valence-corrected chi connectivity index (χ4v) is 2.20. The zero-order valence-corrected chi connectivity index (χ0v) is 8.69. The quantitative estimate of drug-likeness (QED) is 0.655. The molecule has 15 heavy (non-hydrogen) atoms. The van der Waals surface area contributed by atoms with Crippen molar-refractivity contribution in [3.8, 4) is 0 Å². The first-order chi connectivity index (χ1) is 7.11. The van der Waals surface area contributed by atoms with Crippen LogP contribution in [0.1, 0.15) is 42.1 Å². The van der Waals surface area contributed by atoms with Crippen LogP contribution < -0.4 is 0 Å². The van der Waals surface area contributed by atoms with Gasteiger partial charge >= 0.3 is 0 Å². The molecule has 0 aromatic heterocycles. The summed E-state index contributed by atoms with van der Waals surface area (Å²) in [6, 6.07) is 1.21. The van der Waals surface area contributed by atoms with Gasteiger partial charge in [-0.2, -0.15) is 0 Å². The summed E-state index contributed by atoms with van der Waals surface area (Å²) in [5.41, 5.74) is 0.820. The maximum absolute atomic E-state index is 13.8. The van der Waals surface area contributed by atoms with Crippen molar-refractivity contribution < 1.29 is 13.9 Å². The molecule has 1 aromatic carbocycles. The average Bonchev–Trinajstić information content (AvgIpc) is 2.37. The van der Waals surface area contributed by atoms with Crippen molar-refractivity contribution in [1.82, 2.24) is 0 Å². The Hall–Kier alpha value is -0.960. The Balaban J connectivity index is 2.63. The zero-order chi connectivity index (χ0) is 11.0. The summed E-state index contributed by atoms with van der Waals surface area (Å²) in [7, 11) is 0. The maximum atomic E-state index is 13.8. The van der Waals surface area contributed by atoms with Gasteiger partial charge in [-0.25, -0.2) is 8.78 Å². The number of rotatable bonds is 0. The zero-order valence-electron chi connectivity index (χ0n) is 8.69. The molecule has 1 nitrogen and oxygen atoms in total. The Morgan fingerprint density at radius 3 is 2.80 bits per heavy atom. The van der Waals surface area contributed by atoms with Gasteiger partial charge in [-0.15, -0.1) is 0 Å². The highest BCUT2D eigenvalue weighted by atomic mass is 19.1. The van der Waals surface area contributed by atoms with Crippen LogP contribution >= 0.6 is 0 Å². The van der Waals surface area contributed by atoms with Crippen LogP contribution in [0.2, 0.25) is 0 Å². The summed E-state index contributed by atoms with van der Waals surface area (Å²) >= 11 is 0. The second kappa shape index (κ2) is 3.89. The molecule has 1 aliphatic carbocycles. The van der Waals surface area contributed by atoms with Gasteiger partial charge in [0.1, 0.15) is 11.6 Å². The van der Waals surface area contributed by atoms with Gasteiger partial charge in [0.05, 0.1) is 6.10 Å². The number of halogens is 2. The van der Waals surface area contributed by atoms with E-state index in [0.29, 0.717) is 18.4 Å². The molecule has 1 N–H and O–H groups in total. The Bertz CT molecular complexity index is 388. The van der Waals surface area contributed by atoms with E-state index >= 15 is 0 Å². The maximum Gasteiger partial charge on any atom is 0.132 e. The fourth-order valence-electron chi connectivity index (χ4n) is 2.20. The van der Waals surface area contributed by atoms with Crippen molar-refractivity contribution in [3.63, 3.8) is 0 Å². The topological polar surface area (TPSA) is 20.2 Å². The molecule has 0 aliphatic heterocycles. The first-order valence-electron chi connectivity index (χ1n) is 5.26. The Kier molecular flexibility index (Phi) is 2.74. The number of hydrogen-bond donors (Lipinski definition) is 1. The molecule has 1 atom stereocenters. The van der Waals surface area contributed by atoms with Gasteiger partial charge in [-0.3, -0.25) is 0 Å². The number of fused-ring (bicyclic) bond motifs is 1. The Morgan fingerprint density at radius 1 is 1.33 bits per heavy atom. The first kappa shape index (κ1) is 10.6. The lowest BCUT2D eigenvalue weighted by atomic mass is 9.97. The number of aryl methyl sites for hydroxylation is 1. The van der Waals surface area contributed by atoms with E-state index in [1.54, 1.807) is 0 Å². The van der Waals surface area contributed by atoms with Crippen LogP contribution in [0.3, 0.4) is 0 Å². The number of hydrogen-bond acceptors (Lipinski definition) is 1. The van der Waals surface area contributed by atoms with Gasteiger partial charge in [-0.05, 0) is 43.4 Å². The van der Waals surface area contributed by atoms with Crippen LogP contribution in [0.5, 0.6) is 0 Å². The lowest BCUT2D eigenvalue weighted by molar-refractivity contribution is 0.161. The monoisotopic (exact) mass is 212 g/mol. The second-order valence-electron chi connectivity index (χ2n) is 4.14. The van der Waals surface area contributed by atoms with E-state index in [4.69, 9.17) is 0 Å². The van der Waals surface area contributed by atoms with E-state index < -0.39 is 11.9 Å². The second-order valence-corrected chi connectivity index (χ2v) is 4.14. The molecule has 2 rings (SSSR count). The standard InChI is InChI=1S/C12H14F2O/c1-7-6-9(13)8-4-2-3-5-10(15)11(8)12(7)14/h6,10,15H,2-5H2,1H3/t10-/m1/s1. The molecule has 3 heteroatoms. The average molecular weight is 212 g/mol. The van der Waals surface area contributed by atoms with Gasteiger partial charge in [0, 0.05) is 5.56 Å². The summed E-state index contributed by atoms with van der Waals surface area (Å²) in [5.74, 6) is -0.828. The van der Waals surface area contributed by atoms with Gasteiger partial charge in [-0.1, -0.05) is 6.42 Å². The minimum absolute atomic E-state index is 0.185. The number of benzene rings is 1. The molecule has 82 valence electrons. The van der Waals surface area contributed by atoms with Crippen LogP contribution in [-0.4, -0.2) is 5.11 Å². The van der Waals surface area contributed by atoms with Gasteiger partial charge in [0.2, 0.25) is 0 Å². The van der Waals surface area contributed by atoms with Gasteiger partial charge in [0.15, 0.2) is 0 Å². The third-order valence-corrected chi connectivity index (χ3v) is 3.03. The van der Waals surface area contributed by atoms with Crippen molar-refractivity contribution in [2.45, 2.75) is 38.7 Å². The molecule has 1 aliphatic rings. The van der Waals surface area contributed by atoms with Crippen molar-refractivity contribution in [2.75, 3.05) is 0 Å². The molecular formula is C12H14F2O. The molecule has 0 amide bonds. The van der Waals surface area contributed by atoms with Crippen LogP contribution in [-0.2, 0) is 6.42 Å². The molecule has 0 saturated heterocycles. The van der Waals surface area contributed by atoms with Crippen LogP contribution in [0.25, 0.3) is 0 Å². The third-order valence-electron chi connectivity index (χ3n) is 3.03. The van der Waals surface area contributed by atoms with Crippen molar-refractivity contribution in [2.24, 2.45) is 0 Å². The fraction of sp³-hybridized carbons (Fsp3) is 0.500. The normalized spacial score (nSPS) is 20.9. The van der Waals surface area contributed by atoms with E-state index in [-0.39, 0.29) is 16.9 Å². The molecule has 0 radical (unpaired) electrons. The van der Waals surface area contributed by atoms with Gasteiger partial charge < -0.3 is 5.11 Å². The molecular weight excluding hydrogens is 198 g/mol. The van der Waals surface area contributed by atoms with Crippen molar-refractivity contribution in [1.29, 1.82) is 0 Å². The summed E-state index contributed by atoms with van der Waals surface area (Å²) in [6.07, 6.45) is 1.82. The molecule has 0 unspecified atom stereocenters. The summed E-state index contributed by atoms with van der Waals surface area (Å²) in [5, 5.41) is 9.76. The lowest BCUT2D eigenvalue weighted by Crippen LogP contribution is -2.07. The van der Waals surface area contributed by atoms with E-state index in [1.807, 2.05) is 0 Å². The SMILES string of the molecule is Cc1cc(F)c2c(c1F)[C@H](O)CCCC2. The third kappa shape index (κ3) is 1.76. The van der Waals surface area contributed by atoms with Crippen molar-refractivity contribution >= 4 is 0 Å². The predicted octanol–water partition coefficient (Wildman–Crippen LogP) is 3.03. The van der Waals surface area contributed by atoms with E-state index in [9.17, 15) is 13.9 Å². The van der Waals surface area contributed by atoms with E-state index in [0.717, 1.165) is 12.8 Å². The predicted molar refractivity (Wildman–Crippen MR) is 53.6 cm³/mol. The molecule has 0 heterocycles. The largest absolute Gasteiger partial charge is 0.388 e. The number of aliphatic hydroxyl groups is 1. The first-order valence-corrected chi connectivity index (χ1v) is 5.26. The highest BCUT2D eigenvalue weighted by molar-refractivity contribution is 5.37. The highest BCUT2D eigenvalue weighted by Crippen LogP contribution is 2.33.